The molecule has 1 aromatic carbocycles. The van der Waals surface area contributed by atoms with E-state index in [9.17, 15) is 14.9 Å². The molecule has 0 aliphatic rings. The van der Waals surface area contributed by atoms with Gasteiger partial charge in [-0.1, -0.05) is 6.07 Å². The minimum absolute atomic E-state index is 0.0291. The summed E-state index contributed by atoms with van der Waals surface area (Å²) in [6.07, 6.45) is 0. The Kier molecular flexibility index (Phi) is 3.86. The zero-order valence-electron chi connectivity index (χ0n) is 9.54. The summed E-state index contributed by atoms with van der Waals surface area (Å²) < 4.78 is 0.559. The van der Waals surface area contributed by atoms with Crippen molar-refractivity contribution >= 4 is 33.2 Å². The van der Waals surface area contributed by atoms with E-state index in [0.29, 0.717) is 10.3 Å². The van der Waals surface area contributed by atoms with Crippen LogP contribution in [0.4, 0.5) is 11.4 Å². The number of amides is 1. The number of rotatable bonds is 3. The smallest absolute Gasteiger partial charge is 0.274 e. The summed E-state index contributed by atoms with van der Waals surface area (Å²) in [4.78, 5) is 25.9. The third kappa shape index (κ3) is 3.35. The lowest BCUT2D eigenvalue weighted by Crippen LogP contribution is -2.13. The number of nitrogens with zero attached hydrogens (tertiary/aromatic N) is 2. The second-order valence-corrected chi connectivity index (χ2v) is 4.42. The number of anilines is 1. The summed E-state index contributed by atoms with van der Waals surface area (Å²) in [5, 5.41) is 13.1. The summed E-state index contributed by atoms with van der Waals surface area (Å²) in [5.74, 6) is -0.379. The lowest BCUT2D eigenvalue weighted by Gasteiger charge is -2.04. The molecular weight excluding hydrogens is 314 g/mol. The molecule has 0 fully saturated rings. The van der Waals surface area contributed by atoms with Gasteiger partial charge < -0.3 is 5.32 Å². The van der Waals surface area contributed by atoms with Gasteiger partial charge in [0.15, 0.2) is 0 Å². The standard InChI is InChI=1S/C12H8BrN3O3/c13-11-3-1-2-10(15-11)12(17)14-8-4-6-9(7-5-8)16(18)19/h1-7H,(H,14,17). The van der Waals surface area contributed by atoms with Crippen LogP contribution in [0.2, 0.25) is 0 Å². The second-order valence-electron chi connectivity index (χ2n) is 3.60. The number of carbonyl (C=O) groups excluding carboxylic acids is 1. The second kappa shape index (κ2) is 5.57. The molecule has 0 unspecified atom stereocenters. The van der Waals surface area contributed by atoms with E-state index >= 15 is 0 Å². The average Bonchev–Trinajstić information content (AvgIpc) is 2.39. The van der Waals surface area contributed by atoms with Gasteiger partial charge >= 0.3 is 0 Å². The van der Waals surface area contributed by atoms with Crippen molar-refractivity contribution in [1.29, 1.82) is 0 Å². The zero-order valence-corrected chi connectivity index (χ0v) is 11.1. The molecule has 1 N–H and O–H groups in total. The highest BCUT2D eigenvalue weighted by atomic mass is 79.9. The maximum Gasteiger partial charge on any atom is 0.274 e. The van der Waals surface area contributed by atoms with Gasteiger partial charge in [-0.05, 0) is 40.2 Å². The molecule has 0 spiro atoms. The Morgan fingerprint density at radius 2 is 1.89 bits per heavy atom. The first-order chi connectivity index (χ1) is 9.06. The van der Waals surface area contributed by atoms with Crippen LogP contribution in [0.1, 0.15) is 10.5 Å². The van der Waals surface area contributed by atoms with Gasteiger partial charge in [0.2, 0.25) is 0 Å². The van der Waals surface area contributed by atoms with Crippen molar-refractivity contribution in [3.63, 3.8) is 0 Å². The van der Waals surface area contributed by atoms with E-state index in [1.807, 2.05) is 0 Å². The monoisotopic (exact) mass is 321 g/mol. The number of nitro benzene ring substituents is 1. The fraction of sp³-hybridized carbons (Fsp3) is 0. The number of pyridine rings is 1. The van der Waals surface area contributed by atoms with Crippen molar-refractivity contribution < 1.29 is 9.72 Å². The van der Waals surface area contributed by atoms with Crippen molar-refractivity contribution in [2.75, 3.05) is 5.32 Å². The van der Waals surface area contributed by atoms with Gasteiger partial charge in [0.25, 0.3) is 11.6 Å². The van der Waals surface area contributed by atoms with E-state index in [1.54, 1.807) is 18.2 Å². The number of non-ortho nitro benzene ring substituents is 1. The number of hydrogen-bond acceptors (Lipinski definition) is 4. The number of nitro groups is 1. The molecule has 1 heterocycles. The summed E-state index contributed by atoms with van der Waals surface area (Å²) in [5.41, 5.74) is 0.698. The zero-order chi connectivity index (χ0) is 13.8. The van der Waals surface area contributed by atoms with Crippen LogP contribution in [-0.2, 0) is 0 Å². The van der Waals surface area contributed by atoms with Gasteiger partial charge in [-0.25, -0.2) is 4.98 Å². The Morgan fingerprint density at radius 1 is 1.21 bits per heavy atom. The van der Waals surface area contributed by atoms with Gasteiger partial charge in [-0.3, -0.25) is 14.9 Å². The van der Waals surface area contributed by atoms with E-state index < -0.39 is 4.92 Å². The molecule has 0 saturated carbocycles. The highest BCUT2D eigenvalue weighted by molar-refractivity contribution is 9.10. The Balaban J connectivity index is 2.13. The highest BCUT2D eigenvalue weighted by Crippen LogP contribution is 2.16. The van der Waals surface area contributed by atoms with Crippen LogP contribution in [0, 0.1) is 10.1 Å². The number of hydrogen-bond donors (Lipinski definition) is 1. The number of carbonyl (C=O) groups is 1. The number of benzene rings is 1. The van der Waals surface area contributed by atoms with Gasteiger partial charge in [0.05, 0.1) is 4.92 Å². The van der Waals surface area contributed by atoms with Crippen LogP contribution in [0.25, 0.3) is 0 Å². The van der Waals surface area contributed by atoms with Crippen LogP contribution in [0.15, 0.2) is 47.1 Å². The van der Waals surface area contributed by atoms with E-state index in [1.165, 1.54) is 24.3 Å². The molecule has 0 bridgehead atoms. The van der Waals surface area contributed by atoms with Crippen LogP contribution >= 0.6 is 15.9 Å². The molecule has 2 rings (SSSR count). The predicted octanol–water partition coefficient (Wildman–Crippen LogP) is 3.00. The lowest BCUT2D eigenvalue weighted by molar-refractivity contribution is -0.384. The third-order valence-corrected chi connectivity index (χ3v) is 2.73. The van der Waals surface area contributed by atoms with E-state index in [0.717, 1.165) is 0 Å². The maximum absolute atomic E-state index is 11.9. The summed E-state index contributed by atoms with van der Waals surface area (Å²) in [6.45, 7) is 0. The molecule has 0 radical (unpaired) electrons. The van der Waals surface area contributed by atoms with Crippen molar-refractivity contribution in [1.82, 2.24) is 4.98 Å². The molecule has 0 aliphatic heterocycles. The maximum atomic E-state index is 11.9. The summed E-state index contributed by atoms with van der Waals surface area (Å²) in [6, 6.07) is 10.6. The van der Waals surface area contributed by atoms with Crippen LogP contribution in [0.5, 0.6) is 0 Å². The molecule has 96 valence electrons. The molecule has 0 saturated heterocycles. The van der Waals surface area contributed by atoms with Crippen molar-refractivity contribution in [3.8, 4) is 0 Å². The predicted molar refractivity (Wildman–Crippen MR) is 73.0 cm³/mol. The van der Waals surface area contributed by atoms with Gasteiger partial charge in [-0.2, -0.15) is 0 Å². The minimum atomic E-state index is -0.499. The topological polar surface area (TPSA) is 85.1 Å². The SMILES string of the molecule is O=C(Nc1ccc([N+](=O)[O-])cc1)c1cccc(Br)n1. The molecule has 0 aliphatic carbocycles. The normalized spacial score (nSPS) is 9.95. The molecule has 0 atom stereocenters. The van der Waals surface area contributed by atoms with Crippen LogP contribution in [-0.4, -0.2) is 15.8 Å². The first kappa shape index (κ1) is 13.2. The first-order valence-corrected chi connectivity index (χ1v) is 6.04. The van der Waals surface area contributed by atoms with E-state index in [2.05, 4.69) is 26.2 Å². The molecule has 19 heavy (non-hydrogen) atoms. The molecule has 2 aromatic rings. The molecule has 1 amide bonds. The Labute approximate surface area is 116 Å². The molecule has 6 nitrogen and oxygen atoms in total. The number of halogens is 1. The number of nitrogens with one attached hydrogen (secondary N) is 1. The van der Waals surface area contributed by atoms with E-state index in [4.69, 9.17) is 0 Å². The van der Waals surface area contributed by atoms with Gasteiger partial charge in [0, 0.05) is 17.8 Å². The quantitative estimate of drug-likeness (QED) is 0.535. The van der Waals surface area contributed by atoms with Crippen molar-refractivity contribution in [3.05, 3.63) is 62.9 Å². The highest BCUT2D eigenvalue weighted by Gasteiger charge is 2.09. The van der Waals surface area contributed by atoms with Crippen LogP contribution in [0.3, 0.4) is 0 Å². The van der Waals surface area contributed by atoms with Crippen LogP contribution < -0.4 is 5.32 Å². The number of aromatic nitrogens is 1. The Morgan fingerprint density at radius 3 is 2.47 bits per heavy atom. The summed E-state index contributed by atoms with van der Waals surface area (Å²) >= 11 is 3.18. The third-order valence-electron chi connectivity index (χ3n) is 2.28. The van der Waals surface area contributed by atoms with E-state index in [-0.39, 0.29) is 17.3 Å². The first-order valence-electron chi connectivity index (χ1n) is 5.24. The largest absolute Gasteiger partial charge is 0.321 e. The fourth-order valence-electron chi connectivity index (χ4n) is 1.40. The van der Waals surface area contributed by atoms with Crippen molar-refractivity contribution in [2.45, 2.75) is 0 Å². The van der Waals surface area contributed by atoms with Crippen molar-refractivity contribution in [2.24, 2.45) is 0 Å². The molecular formula is C12H8BrN3O3. The van der Waals surface area contributed by atoms with Gasteiger partial charge in [-0.15, -0.1) is 0 Å². The molecule has 1 aromatic heterocycles. The fourth-order valence-corrected chi connectivity index (χ4v) is 1.74. The minimum Gasteiger partial charge on any atom is -0.321 e. The molecule has 7 heteroatoms. The van der Waals surface area contributed by atoms with Gasteiger partial charge in [0.1, 0.15) is 10.3 Å². The lowest BCUT2D eigenvalue weighted by atomic mass is 10.2. The Hall–Kier alpha value is -2.28. The average molecular weight is 322 g/mol. The Bertz CT molecular complexity index is 628. The summed E-state index contributed by atoms with van der Waals surface area (Å²) in [7, 11) is 0.